The predicted octanol–water partition coefficient (Wildman–Crippen LogP) is 5.93. The van der Waals surface area contributed by atoms with Crippen LogP contribution in [0.4, 0.5) is 13.2 Å². The highest BCUT2D eigenvalue weighted by molar-refractivity contribution is 7.38. The van der Waals surface area contributed by atoms with E-state index in [1.807, 2.05) is 19.1 Å². The minimum atomic E-state index is -4.13. The van der Waals surface area contributed by atoms with E-state index in [4.69, 9.17) is 0 Å². The largest absolute Gasteiger partial charge is 0.600 e. The Kier molecular flexibility index (Phi) is 3.85. The number of aryl methyl sites for hydroxylation is 1. The van der Waals surface area contributed by atoms with Gasteiger partial charge in [-0.3, -0.25) is 0 Å². The van der Waals surface area contributed by atoms with Gasteiger partial charge in [-0.1, -0.05) is 19.1 Å². The molecule has 1 fully saturated rings. The highest BCUT2D eigenvalue weighted by atomic mass is 35.5. The van der Waals surface area contributed by atoms with Gasteiger partial charge in [0.25, 0.3) is 0 Å². The van der Waals surface area contributed by atoms with E-state index in [0.717, 1.165) is 30.2 Å². The second-order valence-electron chi connectivity index (χ2n) is 4.76. The lowest BCUT2D eigenvalue weighted by atomic mass is 10.1. The normalized spacial score (nSPS) is 16.5. The third-order valence-electron chi connectivity index (χ3n) is 3.49. The number of fused-ring (bicyclic) bond motifs is 1. The summed E-state index contributed by atoms with van der Waals surface area (Å²) >= 11 is 0. The van der Waals surface area contributed by atoms with Gasteiger partial charge < -0.3 is 0 Å². The summed E-state index contributed by atoms with van der Waals surface area (Å²) in [5, 5.41) is 0.836. The highest BCUT2D eigenvalue weighted by Gasteiger charge is 2.51. The molecule has 0 N–H and O–H groups in total. The lowest BCUT2D eigenvalue weighted by Gasteiger charge is -1.99. The van der Waals surface area contributed by atoms with E-state index in [2.05, 4.69) is 0 Å². The Morgan fingerprint density at radius 1 is 1.26 bits per heavy atom. The summed E-state index contributed by atoms with van der Waals surface area (Å²) in [5.74, 6) is 0.173. The fraction of sp³-hybridized carbons (Fsp3) is 0.429. The standard InChI is InChI=1S/C14H14F3S.ClH/c1-2-9-4-3-5-12-11(9)8-13(10-6-7-10)18(12)14(15,16)17;/h3-5,8,10H,2,6-7H2,1H3;1H/q+1;. The summed E-state index contributed by atoms with van der Waals surface area (Å²) in [6.45, 7) is 1.99. The SMILES string of the molecule is CCc1cccc2c1cc(C1CC1)[s+]2C(F)(F)F.Cl. The quantitative estimate of drug-likeness (QED) is 0.603. The van der Waals surface area contributed by atoms with Crippen LogP contribution < -0.4 is 0 Å². The maximum Gasteiger partial charge on any atom is 0.600 e. The molecule has 0 saturated heterocycles. The van der Waals surface area contributed by atoms with Crippen LogP contribution in [0.15, 0.2) is 24.3 Å². The average molecular weight is 308 g/mol. The van der Waals surface area contributed by atoms with Gasteiger partial charge in [0.15, 0.2) is 9.58 Å². The number of halogens is 4. The molecule has 1 aromatic carbocycles. The van der Waals surface area contributed by atoms with Crippen LogP contribution in [0.25, 0.3) is 10.1 Å². The molecular formula is C14H15ClF3S+. The summed E-state index contributed by atoms with van der Waals surface area (Å²) in [4.78, 5) is 0.624. The summed E-state index contributed by atoms with van der Waals surface area (Å²) in [6, 6.07) is 7.16. The molecule has 3 rings (SSSR count). The van der Waals surface area contributed by atoms with Gasteiger partial charge >= 0.3 is 5.51 Å². The predicted molar refractivity (Wildman–Crippen MR) is 76.3 cm³/mol. The molecule has 1 saturated carbocycles. The van der Waals surface area contributed by atoms with Crippen LogP contribution in [0.5, 0.6) is 0 Å². The van der Waals surface area contributed by atoms with E-state index in [0.29, 0.717) is 9.58 Å². The fourth-order valence-corrected chi connectivity index (χ4v) is 4.68. The molecule has 5 heteroatoms. The van der Waals surface area contributed by atoms with Crippen LogP contribution in [-0.4, -0.2) is 0 Å². The molecule has 1 heterocycles. The number of thiophene rings is 1. The molecule has 2 aromatic rings. The van der Waals surface area contributed by atoms with Crippen LogP contribution in [-0.2, 0) is 11.9 Å². The van der Waals surface area contributed by atoms with Gasteiger partial charge in [0.1, 0.15) is 0 Å². The topological polar surface area (TPSA) is 0 Å². The van der Waals surface area contributed by atoms with Crippen molar-refractivity contribution in [2.45, 2.75) is 37.6 Å². The smallest absolute Gasteiger partial charge is 0.147 e. The number of alkyl halides is 3. The average Bonchev–Trinajstić information content (AvgIpc) is 3.06. The molecule has 1 unspecified atom stereocenters. The van der Waals surface area contributed by atoms with Crippen LogP contribution in [0.2, 0.25) is 0 Å². The molecule has 1 aromatic heterocycles. The van der Waals surface area contributed by atoms with Crippen molar-refractivity contribution < 1.29 is 13.2 Å². The van der Waals surface area contributed by atoms with Gasteiger partial charge in [-0.2, -0.15) is 0 Å². The van der Waals surface area contributed by atoms with Gasteiger partial charge in [0.05, 0.1) is 10.5 Å². The molecule has 0 amide bonds. The molecule has 0 nitrogen and oxygen atoms in total. The Balaban J connectivity index is 0.00000133. The lowest BCUT2D eigenvalue weighted by molar-refractivity contribution is -0.0867. The number of benzene rings is 1. The Bertz CT molecular complexity index is 596. The van der Waals surface area contributed by atoms with Gasteiger partial charge in [-0.25, -0.2) is 0 Å². The zero-order valence-corrected chi connectivity index (χ0v) is 12.1. The van der Waals surface area contributed by atoms with Crippen molar-refractivity contribution in [1.82, 2.24) is 0 Å². The first-order chi connectivity index (χ1) is 8.52. The van der Waals surface area contributed by atoms with Crippen molar-refractivity contribution in [1.29, 1.82) is 0 Å². The van der Waals surface area contributed by atoms with E-state index in [9.17, 15) is 13.2 Å². The summed E-state index contributed by atoms with van der Waals surface area (Å²) in [7, 11) is -1.68. The van der Waals surface area contributed by atoms with E-state index < -0.39 is 16.0 Å². The van der Waals surface area contributed by atoms with Crippen LogP contribution in [0, 0.1) is 0 Å². The molecule has 1 aliphatic carbocycles. The Morgan fingerprint density at radius 3 is 2.47 bits per heavy atom. The molecule has 0 aliphatic heterocycles. The van der Waals surface area contributed by atoms with Gasteiger partial charge in [0.2, 0.25) is 0 Å². The summed E-state index contributed by atoms with van der Waals surface area (Å²) in [6.07, 6.45) is 2.62. The maximum atomic E-state index is 13.3. The van der Waals surface area contributed by atoms with E-state index in [-0.39, 0.29) is 18.3 Å². The summed E-state index contributed by atoms with van der Waals surface area (Å²) in [5.41, 5.74) is -3.10. The van der Waals surface area contributed by atoms with Crippen molar-refractivity contribution >= 4 is 33.0 Å². The molecule has 0 radical (unpaired) electrons. The lowest BCUT2D eigenvalue weighted by Crippen LogP contribution is -1.97. The van der Waals surface area contributed by atoms with Crippen molar-refractivity contribution in [3.63, 3.8) is 0 Å². The van der Waals surface area contributed by atoms with Gasteiger partial charge in [-0.05, 0) is 30.9 Å². The zero-order chi connectivity index (χ0) is 12.9. The van der Waals surface area contributed by atoms with Crippen molar-refractivity contribution in [2.24, 2.45) is 0 Å². The summed E-state index contributed by atoms with van der Waals surface area (Å²) < 4.78 is 40.3. The van der Waals surface area contributed by atoms with Crippen molar-refractivity contribution in [2.75, 3.05) is 0 Å². The maximum absolute atomic E-state index is 13.3. The molecule has 1 aliphatic rings. The Morgan fingerprint density at radius 2 is 1.95 bits per heavy atom. The molecule has 0 bridgehead atoms. The molecule has 1 atom stereocenters. The van der Waals surface area contributed by atoms with Gasteiger partial charge in [-0.15, -0.1) is 25.6 Å². The van der Waals surface area contributed by atoms with E-state index >= 15 is 0 Å². The monoisotopic (exact) mass is 307 g/mol. The second-order valence-corrected chi connectivity index (χ2v) is 6.74. The first kappa shape index (κ1) is 14.7. The zero-order valence-electron chi connectivity index (χ0n) is 10.5. The third kappa shape index (κ3) is 2.48. The van der Waals surface area contributed by atoms with Gasteiger partial charge in [0, 0.05) is 17.4 Å². The number of hydrogen-bond acceptors (Lipinski definition) is 0. The molecule has 0 spiro atoms. The first-order valence-electron chi connectivity index (χ1n) is 6.17. The minimum absolute atomic E-state index is 0. The number of hydrogen-bond donors (Lipinski definition) is 0. The first-order valence-corrected chi connectivity index (χ1v) is 7.39. The van der Waals surface area contributed by atoms with Crippen LogP contribution in [0.1, 0.15) is 36.1 Å². The van der Waals surface area contributed by atoms with E-state index in [1.165, 1.54) is 0 Å². The van der Waals surface area contributed by atoms with Crippen molar-refractivity contribution in [3.8, 4) is 0 Å². The highest BCUT2D eigenvalue weighted by Crippen LogP contribution is 2.58. The fourth-order valence-electron chi connectivity index (χ4n) is 2.48. The van der Waals surface area contributed by atoms with Crippen LogP contribution in [0.3, 0.4) is 0 Å². The molecule has 19 heavy (non-hydrogen) atoms. The molecular weight excluding hydrogens is 293 g/mol. The molecule has 104 valence electrons. The van der Waals surface area contributed by atoms with E-state index in [1.54, 1.807) is 12.1 Å². The van der Waals surface area contributed by atoms with Crippen molar-refractivity contribution in [3.05, 3.63) is 34.7 Å². The minimum Gasteiger partial charge on any atom is -0.147 e. The Labute approximate surface area is 119 Å². The Hall–Kier alpha value is -0.740. The van der Waals surface area contributed by atoms with Crippen LogP contribution >= 0.6 is 22.9 Å². The number of rotatable bonds is 2. The second kappa shape index (κ2) is 4.98. The third-order valence-corrected chi connectivity index (χ3v) is 5.67.